The third-order valence-electron chi connectivity index (χ3n) is 5.22. The molecule has 7 nitrogen and oxygen atoms in total. The molecule has 3 aromatic carbocycles. The second kappa shape index (κ2) is 10.1. The molecular weight excluding hydrogens is 454 g/mol. The first kappa shape index (κ1) is 22.8. The molecule has 1 heterocycles. The SMILES string of the molecule is O=C(O)C=Cc1ccccc1NC(=O)c1ccc(C(=O)NCc2cccc3[nH]ccc23)cc1Cl. The van der Waals surface area contributed by atoms with Crippen LogP contribution in [-0.4, -0.2) is 27.9 Å². The zero-order valence-corrected chi connectivity index (χ0v) is 18.6. The number of carbonyl (C=O) groups excluding carboxylic acids is 2. The fourth-order valence-electron chi connectivity index (χ4n) is 3.53. The molecule has 8 heteroatoms. The van der Waals surface area contributed by atoms with Crippen molar-refractivity contribution in [3.63, 3.8) is 0 Å². The summed E-state index contributed by atoms with van der Waals surface area (Å²) in [6, 6.07) is 19.0. The Labute approximate surface area is 200 Å². The molecule has 1 aromatic heterocycles. The van der Waals surface area contributed by atoms with E-state index in [1.165, 1.54) is 24.3 Å². The summed E-state index contributed by atoms with van der Waals surface area (Å²) in [5.41, 5.74) is 3.44. The number of aliphatic carboxylic acids is 1. The molecule has 0 spiro atoms. The van der Waals surface area contributed by atoms with E-state index >= 15 is 0 Å². The lowest BCUT2D eigenvalue weighted by Crippen LogP contribution is -2.23. The van der Waals surface area contributed by atoms with Crippen LogP contribution in [0.2, 0.25) is 5.02 Å². The minimum absolute atomic E-state index is 0.122. The Morgan fingerprint density at radius 2 is 1.79 bits per heavy atom. The molecule has 4 aromatic rings. The molecule has 4 N–H and O–H groups in total. The van der Waals surface area contributed by atoms with E-state index in [9.17, 15) is 14.4 Å². The number of aromatic nitrogens is 1. The molecule has 0 fully saturated rings. The van der Waals surface area contributed by atoms with E-state index in [-0.39, 0.29) is 16.5 Å². The quantitative estimate of drug-likeness (QED) is 0.280. The standard InChI is InChI=1S/C26H20ClN3O4/c27-21-14-17(25(33)29-15-18-5-3-7-23-19(18)12-13-28-23)8-10-20(21)26(34)30-22-6-2-1-4-16(22)9-11-24(31)32/h1-14,28H,15H2,(H,29,33)(H,30,34)(H,31,32). The number of nitrogens with one attached hydrogen (secondary N) is 3. The molecule has 0 aliphatic rings. The first-order chi connectivity index (χ1) is 16.4. The predicted molar refractivity (Wildman–Crippen MR) is 132 cm³/mol. The Morgan fingerprint density at radius 1 is 0.971 bits per heavy atom. The van der Waals surface area contributed by atoms with E-state index in [0.29, 0.717) is 23.4 Å². The van der Waals surface area contributed by atoms with Crippen LogP contribution >= 0.6 is 11.6 Å². The van der Waals surface area contributed by atoms with Crippen LogP contribution in [0.3, 0.4) is 0 Å². The molecule has 34 heavy (non-hydrogen) atoms. The summed E-state index contributed by atoms with van der Waals surface area (Å²) in [5.74, 6) is -1.89. The number of rotatable bonds is 7. The van der Waals surface area contributed by atoms with Crippen LogP contribution in [0.4, 0.5) is 5.69 Å². The maximum atomic E-state index is 12.8. The number of carboxylic acids is 1. The molecule has 0 radical (unpaired) electrons. The molecule has 0 atom stereocenters. The third-order valence-corrected chi connectivity index (χ3v) is 5.53. The van der Waals surface area contributed by atoms with Gasteiger partial charge in [-0.3, -0.25) is 9.59 Å². The Hall–Kier alpha value is -4.36. The summed E-state index contributed by atoms with van der Waals surface area (Å²) in [7, 11) is 0. The van der Waals surface area contributed by atoms with Crippen molar-refractivity contribution < 1.29 is 19.5 Å². The Balaban J connectivity index is 1.46. The molecule has 170 valence electrons. The topological polar surface area (TPSA) is 111 Å². The van der Waals surface area contributed by atoms with E-state index in [0.717, 1.165) is 22.5 Å². The summed E-state index contributed by atoms with van der Waals surface area (Å²) in [6.45, 7) is 0.342. The van der Waals surface area contributed by atoms with Crippen LogP contribution in [0.5, 0.6) is 0 Å². The summed E-state index contributed by atoms with van der Waals surface area (Å²) in [5, 5.41) is 15.6. The van der Waals surface area contributed by atoms with E-state index in [2.05, 4.69) is 15.6 Å². The highest BCUT2D eigenvalue weighted by Gasteiger charge is 2.15. The van der Waals surface area contributed by atoms with Crippen LogP contribution in [-0.2, 0) is 11.3 Å². The highest BCUT2D eigenvalue weighted by molar-refractivity contribution is 6.34. The number of carboxylic acid groups (broad SMARTS) is 1. The predicted octanol–water partition coefficient (Wildman–Crippen LogP) is 5.10. The monoisotopic (exact) mass is 473 g/mol. The van der Waals surface area contributed by atoms with Gasteiger partial charge in [0.1, 0.15) is 0 Å². The van der Waals surface area contributed by atoms with Gasteiger partial charge in [0.2, 0.25) is 0 Å². The number of halogens is 1. The number of para-hydroxylation sites is 1. The zero-order chi connectivity index (χ0) is 24.1. The first-order valence-corrected chi connectivity index (χ1v) is 10.7. The molecule has 0 aliphatic heterocycles. The van der Waals surface area contributed by atoms with Crippen LogP contribution in [0.1, 0.15) is 31.8 Å². The van der Waals surface area contributed by atoms with Gasteiger partial charge in [-0.05, 0) is 53.6 Å². The van der Waals surface area contributed by atoms with Crippen molar-refractivity contribution in [3.8, 4) is 0 Å². The number of anilines is 1. The largest absolute Gasteiger partial charge is 0.478 e. The van der Waals surface area contributed by atoms with Crippen LogP contribution in [0.15, 0.2) is 79.0 Å². The minimum Gasteiger partial charge on any atom is -0.478 e. The molecule has 4 rings (SSSR count). The van der Waals surface area contributed by atoms with Crippen molar-refractivity contribution in [2.75, 3.05) is 5.32 Å². The van der Waals surface area contributed by atoms with Crippen molar-refractivity contribution in [1.82, 2.24) is 10.3 Å². The molecule has 0 aliphatic carbocycles. The van der Waals surface area contributed by atoms with Crippen molar-refractivity contribution in [2.24, 2.45) is 0 Å². The van der Waals surface area contributed by atoms with Gasteiger partial charge < -0.3 is 20.7 Å². The number of benzene rings is 3. The first-order valence-electron chi connectivity index (χ1n) is 10.4. The van der Waals surface area contributed by atoms with Gasteiger partial charge in [0, 0.05) is 41.0 Å². The van der Waals surface area contributed by atoms with Crippen molar-refractivity contribution in [2.45, 2.75) is 6.54 Å². The Kier molecular flexibility index (Phi) is 6.75. The number of carbonyl (C=O) groups is 3. The van der Waals surface area contributed by atoms with Gasteiger partial charge in [0.05, 0.1) is 10.6 Å². The van der Waals surface area contributed by atoms with Crippen LogP contribution in [0.25, 0.3) is 17.0 Å². The van der Waals surface area contributed by atoms with E-state index in [1.807, 2.05) is 30.5 Å². The lowest BCUT2D eigenvalue weighted by atomic mass is 10.1. The summed E-state index contributed by atoms with van der Waals surface area (Å²) >= 11 is 6.32. The Bertz CT molecular complexity index is 1420. The molecule has 2 amide bonds. The van der Waals surface area contributed by atoms with Gasteiger partial charge in [-0.1, -0.05) is 41.9 Å². The maximum Gasteiger partial charge on any atom is 0.328 e. The molecule has 0 bridgehead atoms. The summed E-state index contributed by atoms with van der Waals surface area (Å²) in [4.78, 5) is 39.4. The fraction of sp³-hybridized carbons (Fsp3) is 0.0385. The van der Waals surface area contributed by atoms with Crippen molar-refractivity contribution in [3.05, 3.63) is 106 Å². The molecule has 0 saturated carbocycles. The zero-order valence-electron chi connectivity index (χ0n) is 17.8. The number of amides is 2. The number of H-pyrrole nitrogens is 1. The molecule has 0 saturated heterocycles. The van der Waals surface area contributed by atoms with Gasteiger partial charge in [-0.25, -0.2) is 4.79 Å². The number of hydrogen-bond donors (Lipinski definition) is 4. The Morgan fingerprint density at radius 3 is 2.59 bits per heavy atom. The number of fused-ring (bicyclic) bond motifs is 1. The normalized spacial score (nSPS) is 11.0. The van der Waals surface area contributed by atoms with Crippen molar-refractivity contribution >= 4 is 52.1 Å². The average molecular weight is 474 g/mol. The third kappa shape index (κ3) is 5.16. The van der Waals surface area contributed by atoms with E-state index in [4.69, 9.17) is 16.7 Å². The minimum atomic E-state index is -1.09. The number of aromatic amines is 1. The second-order valence-electron chi connectivity index (χ2n) is 7.45. The van der Waals surface area contributed by atoms with Gasteiger partial charge in [-0.15, -0.1) is 0 Å². The van der Waals surface area contributed by atoms with Gasteiger partial charge >= 0.3 is 5.97 Å². The van der Waals surface area contributed by atoms with Gasteiger partial charge in [0.15, 0.2) is 0 Å². The highest BCUT2D eigenvalue weighted by atomic mass is 35.5. The van der Waals surface area contributed by atoms with E-state index < -0.39 is 11.9 Å². The fourth-order valence-corrected chi connectivity index (χ4v) is 3.80. The summed E-state index contributed by atoms with van der Waals surface area (Å²) in [6.07, 6.45) is 4.23. The smallest absolute Gasteiger partial charge is 0.328 e. The van der Waals surface area contributed by atoms with Gasteiger partial charge in [0.25, 0.3) is 11.8 Å². The van der Waals surface area contributed by atoms with Crippen LogP contribution < -0.4 is 10.6 Å². The van der Waals surface area contributed by atoms with E-state index in [1.54, 1.807) is 24.3 Å². The average Bonchev–Trinajstić information content (AvgIpc) is 3.31. The maximum absolute atomic E-state index is 12.8. The molecule has 0 unspecified atom stereocenters. The lowest BCUT2D eigenvalue weighted by molar-refractivity contribution is -0.131. The van der Waals surface area contributed by atoms with Crippen LogP contribution in [0, 0.1) is 0 Å². The summed E-state index contributed by atoms with van der Waals surface area (Å²) < 4.78 is 0. The van der Waals surface area contributed by atoms with Gasteiger partial charge in [-0.2, -0.15) is 0 Å². The number of hydrogen-bond acceptors (Lipinski definition) is 3. The second-order valence-corrected chi connectivity index (χ2v) is 7.85. The lowest BCUT2D eigenvalue weighted by Gasteiger charge is -2.11. The molecular formula is C26H20ClN3O4. The highest BCUT2D eigenvalue weighted by Crippen LogP contribution is 2.23. The van der Waals surface area contributed by atoms with Crippen molar-refractivity contribution in [1.29, 1.82) is 0 Å².